The molecule has 2 N–H and O–H groups in total. The van der Waals surface area contributed by atoms with E-state index in [0.29, 0.717) is 16.3 Å². The summed E-state index contributed by atoms with van der Waals surface area (Å²) in [6, 6.07) is 4.69. The maximum absolute atomic E-state index is 12.1. The first-order valence-electron chi connectivity index (χ1n) is 5.75. The van der Waals surface area contributed by atoms with E-state index in [1.165, 1.54) is 18.1 Å². The van der Waals surface area contributed by atoms with E-state index in [-0.39, 0.29) is 24.3 Å². The van der Waals surface area contributed by atoms with Gasteiger partial charge in [0, 0.05) is 19.2 Å². The van der Waals surface area contributed by atoms with Gasteiger partial charge in [-0.05, 0) is 18.2 Å². The second-order valence-electron chi connectivity index (χ2n) is 4.35. The van der Waals surface area contributed by atoms with Crippen molar-refractivity contribution in [1.29, 1.82) is 0 Å². The van der Waals surface area contributed by atoms with E-state index < -0.39 is 0 Å². The van der Waals surface area contributed by atoms with Crippen LogP contribution in [0.3, 0.4) is 0 Å². The molecule has 1 atom stereocenters. The lowest BCUT2D eigenvalue weighted by Gasteiger charge is -2.20. The second kappa shape index (κ2) is 6.43. The number of anilines is 1. The highest BCUT2D eigenvalue weighted by molar-refractivity contribution is 6.33. The number of carbonyl (C=O) groups excluding carboxylic acids is 2. The van der Waals surface area contributed by atoms with Gasteiger partial charge in [-0.3, -0.25) is 9.59 Å². The van der Waals surface area contributed by atoms with Crippen molar-refractivity contribution in [3.05, 3.63) is 28.8 Å². The molecule has 1 amide bonds. The molecular weight excluding hydrogens is 268 g/mol. The van der Waals surface area contributed by atoms with Crippen molar-refractivity contribution < 1.29 is 14.3 Å². The molecule has 6 heteroatoms. The minimum absolute atomic E-state index is 0.223. The van der Waals surface area contributed by atoms with Gasteiger partial charge in [-0.15, -0.1) is 0 Å². The molecule has 0 saturated heterocycles. The van der Waals surface area contributed by atoms with Crippen LogP contribution in [0, 0.1) is 5.92 Å². The topological polar surface area (TPSA) is 72.6 Å². The molecule has 0 heterocycles. The average molecular weight is 285 g/mol. The summed E-state index contributed by atoms with van der Waals surface area (Å²) >= 11 is 5.80. The van der Waals surface area contributed by atoms with Crippen LogP contribution < -0.4 is 5.73 Å². The van der Waals surface area contributed by atoms with Crippen molar-refractivity contribution in [2.75, 3.05) is 26.4 Å². The number of nitrogens with two attached hydrogens (primary N) is 1. The van der Waals surface area contributed by atoms with Crippen LogP contribution in [0.25, 0.3) is 0 Å². The third-order valence-corrected chi connectivity index (χ3v) is 3.09. The Morgan fingerprint density at radius 3 is 2.63 bits per heavy atom. The zero-order valence-electron chi connectivity index (χ0n) is 11.1. The molecule has 19 heavy (non-hydrogen) atoms. The van der Waals surface area contributed by atoms with E-state index in [0.717, 1.165) is 0 Å². The van der Waals surface area contributed by atoms with E-state index in [4.69, 9.17) is 17.3 Å². The summed E-state index contributed by atoms with van der Waals surface area (Å²) < 4.78 is 4.62. The fourth-order valence-corrected chi connectivity index (χ4v) is 1.78. The summed E-state index contributed by atoms with van der Waals surface area (Å²) in [4.78, 5) is 24.9. The number of benzene rings is 1. The monoisotopic (exact) mass is 284 g/mol. The molecule has 0 fully saturated rings. The minimum atomic E-state index is -0.386. The van der Waals surface area contributed by atoms with Gasteiger partial charge >= 0.3 is 5.97 Å². The molecule has 0 aliphatic rings. The van der Waals surface area contributed by atoms with Gasteiger partial charge in [-0.1, -0.05) is 18.5 Å². The van der Waals surface area contributed by atoms with Gasteiger partial charge in [0.1, 0.15) is 0 Å². The first-order valence-corrected chi connectivity index (χ1v) is 6.13. The van der Waals surface area contributed by atoms with Crippen molar-refractivity contribution in [2.24, 2.45) is 5.92 Å². The highest BCUT2D eigenvalue weighted by Gasteiger charge is 2.19. The maximum Gasteiger partial charge on any atom is 0.310 e. The van der Waals surface area contributed by atoms with Crippen LogP contribution in [0.4, 0.5) is 5.69 Å². The molecule has 5 nitrogen and oxygen atoms in total. The molecule has 1 aromatic rings. The first kappa shape index (κ1) is 15.3. The Hall–Kier alpha value is -1.75. The van der Waals surface area contributed by atoms with Gasteiger partial charge < -0.3 is 15.4 Å². The van der Waals surface area contributed by atoms with Crippen LogP contribution >= 0.6 is 11.6 Å². The Labute approximate surface area is 117 Å². The third-order valence-electron chi connectivity index (χ3n) is 2.74. The van der Waals surface area contributed by atoms with Gasteiger partial charge in [0.15, 0.2) is 0 Å². The minimum Gasteiger partial charge on any atom is -0.469 e. The number of hydrogen-bond donors (Lipinski definition) is 1. The molecule has 0 aliphatic heterocycles. The number of esters is 1. The molecule has 1 rings (SSSR count). The number of ether oxygens (including phenoxy) is 1. The first-order chi connectivity index (χ1) is 8.86. The number of amides is 1. The molecule has 0 aliphatic carbocycles. The van der Waals surface area contributed by atoms with E-state index in [2.05, 4.69) is 4.74 Å². The summed E-state index contributed by atoms with van der Waals surface area (Å²) in [5.74, 6) is -0.960. The second-order valence-corrected chi connectivity index (χ2v) is 4.75. The highest BCUT2D eigenvalue weighted by atomic mass is 35.5. The van der Waals surface area contributed by atoms with Gasteiger partial charge in [0.25, 0.3) is 5.91 Å². The Bertz CT molecular complexity index is 491. The third kappa shape index (κ3) is 3.86. The highest BCUT2D eigenvalue weighted by Crippen LogP contribution is 2.20. The molecule has 1 unspecified atom stereocenters. The van der Waals surface area contributed by atoms with Crippen LogP contribution in [-0.4, -0.2) is 37.5 Å². The average Bonchev–Trinajstić information content (AvgIpc) is 2.39. The lowest BCUT2D eigenvalue weighted by atomic mass is 10.1. The fraction of sp³-hybridized carbons (Fsp3) is 0.385. The molecule has 1 aromatic carbocycles. The standard InChI is InChI=1S/C13H17ClN2O3/c1-8(13(18)19-3)7-16(2)12(17)9-4-5-10(14)11(15)6-9/h4-6,8H,7,15H2,1-3H3. The van der Waals surface area contributed by atoms with Gasteiger partial charge in [0.05, 0.1) is 23.7 Å². The summed E-state index contributed by atoms with van der Waals surface area (Å²) in [5, 5.41) is 0.405. The number of nitrogen functional groups attached to an aromatic ring is 1. The fourth-order valence-electron chi connectivity index (χ4n) is 1.67. The summed E-state index contributed by atoms with van der Waals surface area (Å²) in [5.41, 5.74) is 6.43. The van der Waals surface area contributed by atoms with Crippen molar-refractivity contribution >= 4 is 29.2 Å². The van der Waals surface area contributed by atoms with Crippen molar-refractivity contribution in [3.63, 3.8) is 0 Å². The molecule has 0 spiro atoms. The van der Waals surface area contributed by atoms with Gasteiger partial charge in [-0.25, -0.2) is 0 Å². The van der Waals surface area contributed by atoms with E-state index >= 15 is 0 Å². The van der Waals surface area contributed by atoms with Crippen molar-refractivity contribution in [2.45, 2.75) is 6.92 Å². The largest absolute Gasteiger partial charge is 0.469 e. The normalized spacial score (nSPS) is 11.8. The number of hydrogen-bond acceptors (Lipinski definition) is 4. The number of halogens is 1. The quantitative estimate of drug-likeness (QED) is 0.676. The van der Waals surface area contributed by atoms with Crippen molar-refractivity contribution in [1.82, 2.24) is 4.90 Å². The molecule has 0 radical (unpaired) electrons. The number of methoxy groups -OCH3 is 1. The Balaban J connectivity index is 2.76. The van der Waals surface area contributed by atoms with Crippen LogP contribution in [0.5, 0.6) is 0 Å². The molecule has 0 bridgehead atoms. The van der Waals surface area contributed by atoms with Gasteiger partial charge in [-0.2, -0.15) is 0 Å². The van der Waals surface area contributed by atoms with Crippen LogP contribution in [-0.2, 0) is 9.53 Å². The lowest BCUT2D eigenvalue weighted by molar-refractivity contribution is -0.145. The molecule has 104 valence electrons. The van der Waals surface area contributed by atoms with E-state index in [1.54, 1.807) is 26.1 Å². The van der Waals surface area contributed by atoms with Crippen LogP contribution in [0.1, 0.15) is 17.3 Å². The van der Waals surface area contributed by atoms with Crippen LogP contribution in [0.15, 0.2) is 18.2 Å². The van der Waals surface area contributed by atoms with Gasteiger partial charge in [0.2, 0.25) is 0 Å². The molecular formula is C13H17ClN2O3. The number of nitrogens with zero attached hydrogens (tertiary/aromatic N) is 1. The number of carbonyl (C=O) groups is 2. The lowest BCUT2D eigenvalue weighted by Crippen LogP contribution is -2.34. The summed E-state index contributed by atoms with van der Waals surface area (Å²) in [6.07, 6.45) is 0. The summed E-state index contributed by atoms with van der Waals surface area (Å²) in [6.45, 7) is 1.97. The van der Waals surface area contributed by atoms with Crippen LogP contribution in [0.2, 0.25) is 5.02 Å². The Morgan fingerprint density at radius 2 is 2.11 bits per heavy atom. The maximum atomic E-state index is 12.1. The predicted molar refractivity (Wildman–Crippen MR) is 74.0 cm³/mol. The Morgan fingerprint density at radius 1 is 1.47 bits per heavy atom. The van der Waals surface area contributed by atoms with E-state index in [9.17, 15) is 9.59 Å². The summed E-state index contributed by atoms with van der Waals surface area (Å²) in [7, 11) is 2.94. The zero-order valence-corrected chi connectivity index (χ0v) is 11.9. The zero-order chi connectivity index (χ0) is 14.6. The SMILES string of the molecule is COC(=O)C(C)CN(C)C(=O)c1ccc(Cl)c(N)c1. The predicted octanol–water partition coefficient (Wildman–Crippen LogP) is 1.80. The molecule has 0 aromatic heterocycles. The number of rotatable bonds is 4. The smallest absolute Gasteiger partial charge is 0.310 e. The van der Waals surface area contributed by atoms with Crippen molar-refractivity contribution in [3.8, 4) is 0 Å². The molecule has 0 saturated carbocycles. The van der Waals surface area contributed by atoms with E-state index in [1.807, 2.05) is 0 Å². The Kier molecular flexibility index (Phi) is 5.18.